The van der Waals surface area contributed by atoms with Crippen LogP contribution >= 0.6 is 11.8 Å². The maximum absolute atomic E-state index is 14.8. The molecule has 3 heterocycles. The van der Waals surface area contributed by atoms with Gasteiger partial charge in [0.1, 0.15) is 60.1 Å². The Hall–Kier alpha value is -8.05. The summed E-state index contributed by atoms with van der Waals surface area (Å²) < 4.78 is 0. The molecule has 3 saturated heterocycles. The number of phenols is 1. The quantitative estimate of drug-likeness (QED) is 0.0935. The Bertz CT molecular complexity index is 2500. The summed E-state index contributed by atoms with van der Waals surface area (Å²) >= 11 is 1.34. The van der Waals surface area contributed by atoms with Crippen molar-refractivity contribution in [3.8, 4) is 5.75 Å². The second kappa shape index (κ2) is 32.3. The number of carboxylic acids is 1. The van der Waals surface area contributed by atoms with Crippen molar-refractivity contribution in [3.63, 3.8) is 0 Å². The van der Waals surface area contributed by atoms with E-state index < -0.39 is 176 Å². The third-order valence-electron chi connectivity index (χ3n) is 13.3. The number of hydrogen-bond donors (Lipinski definition) is 14. The highest BCUT2D eigenvalue weighted by Crippen LogP contribution is 2.22. The van der Waals surface area contributed by atoms with Crippen LogP contribution < -0.4 is 64.2 Å². The number of thioether (sulfide) groups is 1. The number of nitrogens with one attached hydrogen (secondary N) is 11. The van der Waals surface area contributed by atoms with Crippen molar-refractivity contribution in [2.24, 2.45) is 11.7 Å². The first-order valence-electron chi connectivity index (χ1n) is 26.7. The fourth-order valence-electron chi connectivity index (χ4n) is 9.00. The van der Waals surface area contributed by atoms with Gasteiger partial charge in [-0.25, -0.2) is 0 Å². The van der Waals surface area contributed by atoms with Crippen LogP contribution in [0.2, 0.25) is 0 Å². The van der Waals surface area contributed by atoms with Gasteiger partial charge in [0.2, 0.25) is 76.8 Å². The van der Waals surface area contributed by atoms with Gasteiger partial charge in [0.25, 0.3) is 0 Å². The maximum atomic E-state index is 14.8. The number of benzene rings is 1. The van der Waals surface area contributed by atoms with Gasteiger partial charge in [-0.1, -0.05) is 26.0 Å². The Balaban J connectivity index is 1.80. The number of aromatic hydroxyl groups is 1. The molecule has 446 valence electrons. The van der Waals surface area contributed by atoms with Gasteiger partial charge >= 0.3 is 5.97 Å². The van der Waals surface area contributed by atoms with Gasteiger partial charge < -0.3 is 79.3 Å². The lowest BCUT2D eigenvalue weighted by molar-refractivity contribution is -0.143. The zero-order chi connectivity index (χ0) is 59.9. The van der Waals surface area contributed by atoms with Crippen molar-refractivity contribution >= 4 is 94.5 Å². The molecule has 0 spiro atoms. The molecule has 3 fully saturated rings. The van der Waals surface area contributed by atoms with E-state index in [1.165, 1.54) is 43.0 Å². The fraction of sp³-hybridized carbons (Fsp3) is 0.608. The number of rotatable bonds is 12. The van der Waals surface area contributed by atoms with Crippen molar-refractivity contribution in [1.82, 2.24) is 63.4 Å². The number of nitrogens with two attached hydrogens (primary N) is 1. The summed E-state index contributed by atoms with van der Waals surface area (Å²) in [5.41, 5.74) is 5.95. The van der Waals surface area contributed by atoms with Gasteiger partial charge in [-0.2, -0.15) is 11.8 Å². The number of carboxylic acid groups (broad SMARTS) is 1. The normalized spacial score (nSPS) is 26.3. The summed E-state index contributed by atoms with van der Waals surface area (Å²) in [5, 5.41) is 46.8. The van der Waals surface area contributed by atoms with E-state index in [4.69, 9.17) is 5.73 Å². The van der Waals surface area contributed by atoms with E-state index in [1.807, 2.05) is 0 Å². The Morgan fingerprint density at radius 1 is 0.630 bits per heavy atom. The monoisotopic (exact) mass is 1160 g/mol. The molecule has 30 heteroatoms. The van der Waals surface area contributed by atoms with Crippen LogP contribution in [0.15, 0.2) is 24.3 Å². The van der Waals surface area contributed by atoms with E-state index in [0.717, 1.165) is 4.90 Å². The Morgan fingerprint density at radius 3 is 1.84 bits per heavy atom. The fourth-order valence-corrected chi connectivity index (χ4v) is 9.47. The van der Waals surface area contributed by atoms with E-state index in [9.17, 15) is 77.3 Å². The van der Waals surface area contributed by atoms with Crippen molar-refractivity contribution < 1.29 is 77.3 Å². The van der Waals surface area contributed by atoms with E-state index in [2.05, 4.69) is 58.5 Å². The summed E-state index contributed by atoms with van der Waals surface area (Å²) in [7, 11) is 0. The Kier molecular flexibility index (Phi) is 26.1. The van der Waals surface area contributed by atoms with Crippen LogP contribution in [-0.4, -0.2) is 190 Å². The lowest BCUT2D eigenvalue weighted by atomic mass is 9.99. The summed E-state index contributed by atoms with van der Waals surface area (Å²) in [6.07, 6.45) is -0.643. The maximum Gasteiger partial charge on any atom is 0.303 e. The highest BCUT2D eigenvalue weighted by molar-refractivity contribution is 7.98. The average Bonchev–Trinajstić information content (AvgIpc) is 3.92. The number of aliphatic carboxylic acids is 1. The molecule has 2 bridgehead atoms. The van der Waals surface area contributed by atoms with Crippen LogP contribution in [0.5, 0.6) is 5.75 Å². The molecule has 1 aromatic rings. The van der Waals surface area contributed by atoms with Gasteiger partial charge in [0, 0.05) is 25.9 Å². The highest BCUT2D eigenvalue weighted by Gasteiger charge is 2.41. The molecule has 15 N–H and O–H groups in total. The number of fused-ring (bicyclic) bond motifs is 9. The first-order valence-corrected chi connectivity index (χ1v) is 28.0. The molecular weight excluding hydrogens is 1080 g/mol. The summed E-state index contributed by atoms with van der Waals surface area (Å²) in [6, 6.07) is -7.76. The molecule has 0 unspecified atom stereocenters. The number of primary amides is 1. The Labute approximate surface area is 471 Å². The van der Waals surface area contributed by atoms with E-state index in [1.54, 1.807) is 20.1 Å². The first kappa shape index (κ1) is 65.5. The second-order valence-electron chi connectivity index (χ2n) is 20.3. The molecule has 0 aliphatic carbocycles. The molecule has 0 radical (unpaired) electrons. The van der Waals surface area contributed by atoms with Gasteiger partial charge in [0.15, 0.2) is 0 Å². The Morgan fingerprint density at radius 2 is 1.20 bits per heavy atom. The predicted octanol–water partition coefficient (Wildman–Crippen LogP) is -4.70. The van der Waals surface area contributed by atoms with Gasteiger partial charge in [0.05, 0.1) is 25.9 Å². The van der Waals surface area contributed by atoms with Gasteiger partial charge in [-0.05, 0) is 93.9 Å². The van der Waals surface area contributed by atoms with E-state index in [0.29, 0.717) is 11.3 Å². The molecule has 1 aromatic carbocycles. The molecular formula is C51H75N13O16S. The minimum atomic E-state index is -1.81. The van der Waals surface area contributed by atoms with Crippen LogP contribution in [0.1, 0.15) is 97.0 Å². The van der Waals surface area contributed by atoms with E-state index in [-0.39, 0.29) is 76.1 Å². The van der Waals surface area contributed by atoms with E-state index >= 15 is 0 Å². The smallest absolute Gasteiger partial charge is 0.303 e. The summed E-state index contributed by atoms with van der Waals surface area (Å²) in [6.45, 7) is 3.07. The van der Waals surface area contributed by atoms with Crippen molar-refractivity contribution in [3.05, 3.63) is 29.8 Å². The number of hydrogen-bond acceptors (Lipinski definition) is 16. The second-order valence-corrected chi connectivity index (χ2v) is 21.3. The summed E-state index contributed by atoms with van der Waals surface area (Å²) in [4.78, 5) is 192. The van der Waals surface area contributed by atoms with Gasteiger partial charge in [-0.3, -0.25) is 67.1 Å². The standard InChI is InChI=1S/C51H75N13O16S/c1-26(2)20-33-48(77)63-36(21-28-10-12-29(65)13-11-28)51(80)64-18-7-9-37(64)50(79)62-34(22-38(52)66)49(78)61-35-23-39(67)53-17-6-5-8-30(59-47(76)32(16-19-81-4)57-41(69)25-55-45(35)74)44(73)54-24-40(68)56-27(3)43(72)58-31(46(75)60-33)14-15-42(70)71/h10-13,26-27,30-37,65H,5-9,14-25H2,1-4H3,(H2,52,66)(H,53,67)(H,54,73)(H,55,74)(H,56,68)(H,57,69)(H,58,72)(H,59,76)(H,60,75)(H,61,78)(H,62,79)(H,63,77)(H,70,71)/t27-,30+,31-,32-,33-,34-,35-,36-,37-/m0/s1. The number of nitrogens with zero attached hydrogens (tertiary/aromatic N) is 1. The number of carbonyl (C=O) groups is 14. The first-order chi connectivity index (χ1) is 38.3. The van der Waals surface area contributed by atoms with Crippen LogP contribution in [0.4, 0.5) is 0 Å². The van der Waals surface area contributed by atoms with Crippen molar-refractivity contribution in [1.29, 1.82) is 0 Å². The molecule has 9 atom stereocenters. The number of phenolic OH excluding ortho intramolecular Hbond substituents is 1. The molecule has 13 amide bonds. The van der Waals surface area contributed by atoms with Crippen molar-refractivity contribution in [2.75, 3.05) is 38.2 Å². The van der Waals surface area contributed by atoms with Crippen LogP contribution in [0.3, 0.4) is 0 Å². The third kappa shape index (κ3) is 21.8. The highest BCUT2D eigenvalue weighted by atomic mass is 32.2. The molecule has 81 heavy (non-hydrogen) atoms. The summed E-state index contributed by atoms with van der Waals surface area (Å²) in [5.74, 6) is -13.6. The third-order valence-corrected chi connectivity index (χ3v) is 13.9. The minimum absolute atomic E-state index is 0.0149. The largest absolute Gasteiger partial charge is 0.508 e. The molecule has 0 aromatic heterocycles. The lowest BCUT2D eigenvalue weighted by Gasteiger charge is -2.31. The van der Waals surface area contributed by atoms with Gasteiger partial charge in [-0.15, -0.1) is 0 Å². The average molecular weight is 1160 g/mol. The molecule has 3 aliphatic rings. The molecule has 29 nitrogen and oxygen atoms in total. The number of carbonyl (C=O) groups excluding carboxylic acids is 13. The van der Waals surface area contributed by atoms with Crippen LogP contribution in [0.25, 0.3) is 0 Å². The van der Waals surface area contributed by atoms with Crippen LogP contribution in [-0.2, 0) is 73.5 Å². The molecule has 0 saturated carbocycles. The zero-order valence-electron chi connectivity index (χ0n) is 45.6. The molecule has 3 aliphatic heterocycles. The number of amides is 13. The zero-order valence-corrected chi connectivity index (χ0v) is 46.5. The molecule has 4 rings (SSSR count). The van der Waals surface area contributed by atoms with Crippen LogP contribution in [0, 0.1) is 5.92 Å². The SMILES string of the molecule is CSCC[C@@H]1NC(=O)CNC(=O)[C@@H]2CC(=O)NCCCC[C@@H](NC1=O)C(=O)NCC(=O)N[C@@H](C)C(=O)N[C@@H](CCC(=O)O)C(=O)N[C@@H](CC(C)C)C(=O)N[C@@H](Cc1ccc(O)cc1)C(=O)N1CCC[C@H]1C(=O)N[C@@H](CC(N)=O)C(=O)N2. The van der Waals surface area contributed by atoms with Crippen molar-refractivity contribution in [2.45, 2.75) is 152 Å². The topological polar surface area (TPSA) is 441 Å². The predicted molar refractivity (Wildman–Crippen MR) is 288 cm³/mol. The lowest BCUT2D eigenvalue weighted by Crippen LogP contribution is -2.60. The minimum Gasteiger partial charge on any atom is -0.508 e.